The second-order valence-electron chi connectivity index (χ2n) is 6.02. The van der Waals surface area contributed by atoms with Crippen molar-refractivity contribution >= 4 is 63.7 Å². The van der Waals surface area contributed by atoms with E-state index in [0.717, 1.165) is 12.1 Å². The number of nitrogens with one attached hydrogen (secondary N) is 2. The highest BCUT2D eigenvalue weighted by atomic mass is 35.5. The molecule has 188 valence electrons. The van der Waals surface area contributed by atoms with Gasteiger partial charge in [0.1, 0.15) is 0 Å². The minimum atomic E-state index is -6.61. The molecule has 0 saturated heterocycles. The molecule has 1 aromatic rings. The first kappa shape index (κ1) is 28.3. The lowest BCUT2D eigenvalue weighted by molar-refractivity contribution is -0.280. The van der Waals surface area contributed by atoms with Crippen LogP contribution in [0.15, 0.2) is 27.9 Å². The zero-order valence-corrected chi connectivity index (χ0v) is 18.3. The number of carbonyl (C=O) groups is 2. The first-order valence-corrected chi connectivity index (χ1v) is 9.83. The lowest BCUT2D eigenvalue weighted by Gasteiger charge is -2.31. The van der Waals surface area contributed by atoms with Gasteiger partial charge in [-0.15, -0.1) is 0 Å². The van der Waals surface area contributed by atoms with Gasteiger partial charge >= 0.3 is 24.6 Å². The van der Waals surface area contributed by atoms with Crippen LogP contribution in [0.4, 0.5) is 48.7 Å². The van der Waals surface area contributed by atoms with Crippen LogP contribution in [-0.4, -0.2) is 41.2 Å². The number of carbonyl (C=O) groups excluding carboxylic acids is 2. The molecule has 0 unspecified atom stereocenters. The number of amides is 3. The number of benzene rings is 1. The van der Waals surface area contributed by atoms with Crippen molar-refractivity contribution in [2.45, 2.75) is 24.1 Å². The number of alkyl halides is 9. The molecule has 1 heterocycles. The number of imide groups is 1. The highest BCUT2D eigenvalue weighted by Crippen LogP contribution is 2.59. The van der Waals surface area contributed by atoms with Gasteiger partial charge in [-0.2, -0.15) is 39.5 Å². The van der Waals surface area contributed by atoms with E-state index in [1.54, 1.807) is 0 Å². The van der Waals surface area contributed by atoms with Crippen molar-refractivity contribution in [1.82, 2.24) is 10.6 Å². The molecule has 0 saturated carbocycles. The van der Waals surface area contributed by atoms with Crippen LogP contribution >= 0.6 is 46.6 Å². The number of thioether (sulfide) groups is 1. The Kier molecular flexibility index (Phi) is 7.73. The number of aliphatic imine (C=N–C) groups is 1. The van der Waals surface area contributed by atoms with Crippen LogP contribution in [0.2, 0.25) is 15.1 Å². The largest absolute Gasteiger partial charge is 0.443 e. The number of allylic oxidation sites excluding steroid dienone is 1. The molecule has 1 aliphatic rings. The van der Waals surface area contributed by atoms with Gasteiger partial charge in [0.15, 0.2) is 5.17 Å². The maximum absolute atomic E-state index is 13.7. The number of rotatable bonds is 1. The van der Waals surface area contributed by atoms with Gasteiger partial charge in [-0.3, -0.25) is 15.4 Å². The molecule has 1 aromatic carbocycles. The number of hydrogen-bond acceptors (Lipinski definition) is 4. The Morgan fingerprint density at radius 3 is 1.79 bits per heavy atom. The van der Waals surface area contributed by atoms with Crippen LogP contribution in [0.1, 0.15) is 10.4 Å². The van der Waals surface area contributed by atoms with Crippen LogP contribution < -0.4 is 10.6 Å². The normalized spacial score (nSPS) is 17.9. The summed E-state index contributed by atoms with van der Waals surface area (Å²) in [4.78, 5) is 23.2. The Balaban J connectivity index is 2.45. The molecule has 0 fully saturated rings. The van der Waals surface area contributed by atoms with Gasteiger partial charge < -0.3 is 0 Å². The predicted molar refractivity (Wildman–Crippen MR) is 102 cm³/mol. The molecule has 2 N–H and O–H groups in total. The summed E-state index contributed by atoms with van der Waals surface area (Å²) in [5.41, 5.74) is -6.27. The third-order valence-corrected chi connectivity index (χ3v) is 5.63. The predicted octanol–water partition coefficient (Wildman–Crippen LogP) is 6.80. The Hall–Kier alpha value is -1.91. The summed E-state index contributed by atoms with van der Waals surface area (Å²) in [6.07, 6.45) is -19.5. The Labute approximate surface area is 200 Å². The number of hydrogen-bond donors (Lipinski definition) is 2. The van der Waals surface area contributed by atoms with Gasteiger partial charge in [0, 0.05) is 5.02 Å². The van der Waals surface area contributed by atoms with E-state index in [0.29, 0.717) is 0 Å². The van der Waals surface area contributed by atoms with Crippen LogP contribution in [0.3, 0.4) is 0 Å². The molecule has 0 spiro atoms. The minimum absolute atomic E-state index is 0.0469. The second kappa shape index (κ2) is 9.28. The molecule has 0 bridgehead atoms. The number of amidine groups is 1. The zero-order valence-electron chi connectivity index (χ0n) is 15.2. The highest BCUT2D eigenvalue weighted by molar-refractivity contribution is 8.17. The zero-order chi connectivity index (χ0) is 26.4. The number of nitrogens with zero attached hydrogens (tertiary/aromatic N) is 1. The van der Waals surface area contributed by atoms with Crippen LogP contribution in [-0.2, 0) is 0 Å². The third-order valence-electron chi connectivity index (χ3n) is 3.75. The third kappa shape index (κ3) is 5.33. The van der Waals surface area contributed by atoms with Crippen molar-refractivity contribution in [3.8, 4) is 0 Å². The monoisotopic (exact) mass is 585 g/mol. The average molecular weight is 587 g/mol. The van der Waals surface area contributed by atoms with E-state index in [1.807, 2.05) is 0 Å². The van der Waals surface area contributed by atoms with E-state index in [4.69, 9.17) is 34.8 Å². The molecule has 34 heavy (non-hydrogen) atoms. The Morgan fingerprint density at radius 2 is 1.38 bits per heavy atom. The molecule has 2 rings (SSSR count). The fourth-order valence-electron chi connectivity index (χ4n) is 2.38. The molecule has 0 aromatic heterocycles. The van der Waals surface area contributed by atoms with Crippen molar-refractivity contribution in [3.05, 3.63) is 43.5 Å². The maximum atomic E-state index is 13.7. The number of urea groups is 1. The van der Waals surface area contributed by atoms with Gasteiger partial charge in [0.05, 0.1) is 20.5 Å². The SMILES string of the molecule is O=C(NC(=O)c1c(Cl)cc(Cl)cc1Cl)NC1=NC(C(F)(F)F)(C(F)(F)F)/C(=C(\F)C(F)(F)F)S1. The van der Waals surface area contributed by atoms with Gasteiger partial charge in [-0.25, -0.2) is 14.2 Å². The van der Waals surface area contributed by atoms with Gasteiger partial charge in [0.25, 0.3) is 11.4 Å². The van der Waals surface area contributed by atoms with Crippen molar-refractivity contribution in [2.24, 2.45) is 4.99 Å². The standard InChI is InChI=1S/C15H4Cl3F10N3O2S/c16-3-1-4(17)6(5(18)2-3)9(32)29-10(33)30-11-31-12(14(23,24)25,15(26,27)28)8(34-11)7(19)13(20,21)22/h1-2H,(H2,29,30,31,32,33)/b8-7+. The van der Waals surface area contributed by atoms with Crippen molar-refractivity contribution in [2.75, 3.05) is 0 Å². The summed E-state index contributed by atoms with van der Waals surface area (Å²) < 4.78 is 132. The van der Waals surface area contributed by atoms with E-state index in [-0.39, 0.29) is 5.02 Å². The molecule has 3 amide bonds. The topological polar surface area (TPSA) is 70.6 Å². The highest BCUT2D eigenvalue weighted by Gasteiger charge is 2.77. The summed E-state index contributed by atoms with van der Waals surface area (Å²) in [5.74, 6) is -5.16. The fraction of sp³-hybridized carbons (Fsp3) is 0.267. The van der Waals surface area contributed by atoms with Crippen LogP contribution in [0.25, 0.3) is 0 Å². The van der Waals surface area contributed by atoms with Crippen LogP contribution in [0, 0.1) is 0 Å². The van der Waals surface area contributed by atoms with Crippen LogP contribution in [0.5, 0.6) is 0 Å². The molecular formula is C15H4Cl3F10N3O2S. The van der Waals surface area contributed by atoms with Gasteiger partial charge in [-0.1, -0.05) is 46.6 Å². The first-order chi connectivity index (χ1) is 15.2. The summed E-state index contributed by atoms with van der Waals surface area (Å²) in [6, 6.07) is 0.137. The van der Waals surface area contributed by atoms with Crippen molar-refractivity contribution in [1.29, 1.82) is 0 Å². The Bertz CT molecular complexity index is 1060. The van der Waals surface area contributed by atoms with E-state index in [9.17, 15) is 53.5 Å². The van der Waals surface area contributed by atoms with Gasteiger partial charge in [0.2, 0.25) is 5.83 Å². The number of halogens is 13. The molecule has 0 atom stereocenters. The van der Waals surface area contributed by atoms with E-state index in [1.165, 1.54) is 10.6 Å². The second-order valence-corrected chi connectivity index (χ2v) is 8.27. The van der Waals surface area contributed by atoms with E-state index in [2.05, 4.69) is 4.99 Å². The lowest BCUT2D eigenvalue weighted by Crippen LogP contribution is -2.55. The summed E-state index contributed by atoms with van der Waals surface area (Å²) in [6.45, 7) is 0. The minimum Gasteiger partial charge on any atom is -0.286 e. The first-order valence-electron chi connectivity index (χ1n) is 7.88. The molecule has 0 radical (unpaired) electrons. The van der Waals surface area contributed by atoms with E-state index >= 15 is 0 Å². The molecule has 0 aliphatic carbocycles. The van der Waals surface area contributed by atoms with Crippen molar-refractivity contribution in [3.63, 3.8) is 0 Å². The average Bonchev–Trinajstić information content (AvgIpc) is 2.99. The van der Waals surface area contributed by atoms with E-state index < -0.39 is 79.3 Å². The molecule has 1 aliphatic heterocycles. The van der Waals surface area contributed by atoms with Gasteiger partial charge in [-0.05, 0) is 12.1 Å². The molecule has 19 heteroatoms. The molecule has 5 nitrogen and oxygen atoms in total. The fourth-order valence-corrected chi connectivity index (χ4v) is 4.52. The summed E-state index contributed by atoms with van der Waals surface area (Å²) >= 11 is 16.0. The quantitative estimate of drug-likeness (QED) is 0.356. The lowest BCUT2D eigenvalue weighted by atomic mass is 9.97. The Morgan fingerprint density at radius 1 is 0.912 bits per heavy atom. The summed E-state index contributed by atoms with van der Waals surface area (Å²) in [5, 5.41) is 0.0146. The van der Waals surface area contributed by atoms with Crippen molar-refractivity contribution < 1.29 is 53.5 Å². The smallest absolute Gasteiger partial charge is 0.286 e. The summed E-state index contributed by atoms with van der Waals surface area (Å²) in [7, 11) is 0. The maximum Gasteiger partial charge on any atom is 0.443 e. The molecular weight excluding hydrogens is 583 g/mol.